The topological polar surface area (TPSA) is 95.6 Å². The van der Waals surface area contributed by atoms with Crippen LogP contribution in [0.5, 0.6) is 0 Å². The van der Waals surface area contributed by atoms with Gasteiger partial charge in [-0.1, -0.05) is 19.3 Å². The monoisotopic (exact) mass is 367 g/mol. The molecule has 2 amide bonds. The van der Waals surface area contributed by atoms with Gasteiger partial charge in [-0.3, -0.25) is 9.59 Å². The Morgan fingerprint density at radius 2 is 1.60 bits per heavy atom. The summed E-state index contributed by atoms with van der Waals surface area (Å²) in [6, 6.07) is 6.02. The Labute approximate surface area is 148 Å². The van der Waals surface area contributed by atoms with Gasteiger partial charge < -0.3 is 10.6 Å². The van der Waals surface area contributed by atoms with E-state index in [-0.39, 0.29) is 16.7 Å². The highest BCUT2D eigenvalue weighted by Crippen LogP contribution is 2.30. The Morgan fingerprint density at radius 1 is 1.04 bits per heavy atom. The molecule has 1 aliphatic rings. The van der Waals surface area contributed by atoms with Gasteiger partial charge in [0.2, 0.25) is 21.8 Å². The summed E-state index contributed by atoms with van der Waals surface area (Å²) in [4.78, 5) is 24.5. The predicted molar refractivity (Wildman–Crippen MR) is 95.6 cm³/mol. The maximum atomic E-state index is 12.8. The molecule has 0 aliphatic heterocycles. The van der Waals surface area contributed by atoms with Crippen molar-refractivity contribution in [3.63, 3.8) is 0 Å². The molecule has 0 spiro atoms. The van der Waals surface area contributed by atoms with Crippen molar-refractivity contribution in [1.29, 1.82) is 0 Å². The van der Waals surface area contributed by atoms with Crippen molar-refractivity contribution in [3.05, 3.63) is 24.3 Å². The zero-order chi connectivity index (χ0) is 18.7. The number of anilines is 1. The molecule has 0 radical (unpaired) electrons. The molecule has 7 nitrogen and oxygen atoms in total. The Hall–Kier alpha value is -1.93. The first-order chi connectivity index (χ1) is 11.7. The minimum atomic E-state index is -3.51. The van der Waals surface area contributed by atoms with E-state index in [1.807, 2.05) is 0 Å². The largest absolute Gasteiger partial charge is 0.342 e. The molecule has 1 aromatic rings. The second-order valence-corrected chi connectivity index (χ2v) is 8.74. The van der Waals surface area contributed by atoms with E-state index in [0.29, 0.717) is 18.5 Å². The average Bonchev–Trinajstić information content (AvgIpc) is 2.55. The summed E-state index contributed by atoms with van der Waals surface area (Å²) in [5.41, 5.74) is -0.392. The van der Waals surface area contributed by atoms with Gasteiger partial charge in [-0.15, -0.1) is 0 Å². The van der Waals surface area contributed by atoms with Crippen LogP contribution in [0.25, 0.3) is 0 Å². The van der Waals surface area contributed by atoms with E-state index in [9.17, 15) is 18.0 Å². The van der Waals surface area contributed by atoms with Gasteiger partial charge in [0.15, 0.2) is 0 Å². The van der Waals surface area contributed by atoms with Crippen LogP contribution in [0.15, 0.2) is 29.2 Å². The first-order valence-electron chi connectivity index (χ1n) is 8.30. The Morgan fingerprint density at radius 3 is 2.08 bits per heavy atom. The van der Waals surface area contributed by atoms with Crippen molar-refractivity contribution in [1.82, 2.24) is 9.62 Å². The summed E-state index contributed by atoms with van der Waals surface area (Å²) in [7, 11) is -0.580. The van der Waals surface area contributed by atoms with Crippen LogP contribution >= 0.6 is 0 Å². The number of benzene rings is 1. The normalized spacial score (nSPS) is 17.1. The molecule has 8 heteroatoms. The van der Waals surface area contributed by atoms with E-state index >= 15 is 0 Å². The third-order valence-corrected chi connectivity index (χ3v) is 6.28. The van der Waals surface area contributed by atoms with Crippen LogP contribution in [0.1, 0.15) is 39.0 Å². The van der Waals surface area contributed by atoms with Crippen molar-refractivity contribution in [2.75, 3.05) is 19.4 Å². The van der Waals surface area contributed by atoms with Crippen molar-refractivity contribution in [2.45, 2.75) is 49.5 Å². The Kier molecular flexibility index (Phi) is 5.84. The van der Waals surface area contributed by atoms with Crippen molar-refractivity contribution >= 4 is 27.5 Å². The van der Waals surface area contributed by atoms with Gasteiger partial charge >= 0.3 is 0 Å². The van der Waals surface area contributed by atoms with E-state index in [1.54, 1.807) is 12.1 Å². The Balaban J connectivity index is 2.17. The molecule has 2 N–H and O–H groups in total. The van der Waals surface area contributed by atoms with E-state index < -0.39 is 15.6 Å². The number of rotatable bonds is 5. The fourth-order valence-electron chi connectivity index (χ4n) is 3.07. The molecule has 0 unspecified atom stereocenters. The summed E-state index contributed by atoms with van der Waals surface area (Å²) in [5, 5.41) is 5.62. The maximum Gasteiger partial charge on any atom is 0.250 e. The van der Waals surface area contributed by atoms with E-state index in [4.69, 9.17) is 0 Å². The van der Waals surface area contributed by atoms with Gasteiger partial charge in [0.25, 0.3) is 0 Å². The van der Waals surface area contributed by atoms with Crippen LogP contribution in [0.4, 0.5) is 5.69 Å². The highest BCUT2D eigenvalue weighted by molar-refractivity contribution is 7.89. The van der Waals surface area contributed by atoms with E-state index in [2.05, 4.69) is 10.6 Å². The van der Waals surface area contributed by atoms with Crippen LogP contribution in [0.2, 0.25) is 0 Å². The maximum absolute atomic E-state index is 12.8. The lowest BCUT2D eigenvalue weighted by Crippen LogP contribution is -2.57. The smallest absolute Gasteiger partial charge is 0.250 e. The first kappa shape index (κ1) is 19.4. The lowest BCUT2D eigenvalue weighted by atomic mass is 9.80. The fraction of sp³-hybridized carbons (Fsp3) is 0.529. The van der Waals surface area contributed by atoms with Gasteiger partial charge in [-0.05, 0) is 37.1 Å². The molecule has 0 saturated heterocycles. The SMILES string of the molecule is CC(=O)NC1(C(=O)Nc2ccc(S(=O)(=O)N(C)C)cc2)CCCCC1. The number of nitrogens with one attached hydrogen (secondary N) is 2. The number of carbonyl (C=O) groups excluding carboxylic acids is 2. The standard InChI is InChI=1S/C17H25N3O4S/c1-13(21)19-17(11-5-4-6-12-17)16(22)18-14-7-9-15(10-8-14)25(23,24)20(2)3/h7-10H,4-6,11-12H2,1-3H3,(H,18,22)(H,19,21). The zero-order valence-electron chi connectivity index (χ0n) is 14.8. The van der Waals surface area contributed by atoms with Crippen LogP contribution < -0.4 is 10.6 Å². The quantitative estimate of drug-likeness (QED) is 0.828. The summed E-state index contributed by atoms with van der Waals surface area (Å²) in [6.07, 6.45) is 4.02. The van der Waals surface area contributed by atoms with Crippen LogP contribution in [-0.2, 0) is 19.6 Å². The average molecular weight is 367 g/mol. The number of hydrogen-bond acceptors (Lipinski definition) is 4. The van der Waals surface area contributed by atoms with E-state index in [1.165, 1.54) is 33.2 Å². The highest BCUT2D eigenvalue weighted by Gasteiger charge is 2.40. The van der Waals surface area contributed by atoms with E-state index in [0.717, 1.165) is 23.6 Å². The van der Waals surface area contributed by atoms with Gasteiger partial charge in [-0.25, -0.2) is 12.7 Å². The number of nitrogens with zero attached hydrogens (tertiary/aromatic N) is 1. The number of hydrogen-bond donors (Lipinski definition) is 2. The molecule has 1 fully saturated rings. The summed E-state index contributed by atoms with van der Waals surface area (Å²) >= 11 is 0. The molecule has 0 bridgehead atoms. The minimum absolute atomic E-state index is 0.157. The molecule has 0 heterocycles. The Bertz CT molecular complexity index is 736. The number of amides is 2. The van der Waals surface area contributed by atoms with Crippen molar-refractivity contribution < 1.29 is 18.0 Å². The minimum Gasteiger partial charge on any atom is -0.342 e. The van der Waals surface area contributed by atoms with Crippen molar-refractivity contribution in [3.8, 4) is 0 Å². The molecule has 2 rings (SSSR count). The fourth-order valence-corrected chi connectivity index (χ4v) is 3.97. The molecule has 1 aromatic carbocycles. The number of carbonyl (C=O) groups is 2. The van der Waals surface area contributed by atoms with Gasteiger partial charge in [-0.2, -0.15) is 0 Å². The molecule has 138 valence electrons. The highest BCUT2D eigenvalue weighted by atomic mass is 32.2. The lowest BCUT2D eigenvalue weighted by molar-refractivity contribution is -0.130. The van der Waals surface area contributed by atoms with Crippen molar-refractivity contribution in [2.24, 2.45) is 0 Å². The second kappa shape index (κ2) is 7.53. The summed E-state index contributed by atoms with van der Waals surface area (Å²) < 4.78 is 25.3. The van der Waals surface area contributed by atoms with Crippen LogP contribution in [0.3, 0.4) is 0 Å². The van der Waals surface area contributed by atoms with Gasteiger partial charge in [0.1, 0.15) is 5.54 Å². The molecule has 1 saturated carbocycles. The first-order valence-corrected chi connectivity index (χ1v) is 9.74. The van der Waals surface area contributed by atoms with Crippen LogP contribution in [-0.4, -0.2) is 44.2 Å². The second-order valence-electron chi connectivity index (χ2n) is 6.59. The number of sulfonamides is 1. The molecule has 1 aliphatic carbocycles. The predicted octanol–water partition coefficient (Wildman–Crippen LogP) is 1.71. The molecule has 25 heavy (non-hydrogen) atoms. The molecule has 0 atom stereocenters. The third-order valence-electron chi connectivity index (χ3n) is 4.45. The van der Waals surface area contributed by atoms with Gasteiger partial charge in [0, 0.05) is 26.7 Å². The third kappa shape index (κ3) is 4.38. The lowest BCUT2D eigenvalue weighted by Gasteiger charge is -2.36. The molecular weight excluding hydrogens is 342 g/mol. The van der Waals surface area contributed by atoms with Crippen LogP contribution in [0, 0.1) is 0 Å². The molecule has 0 aromatic heterocycles. The summed E-state index contributed by atoms with van der Waals surface area (Å²) in [6.45, 7) is 1.41. The molecular formula is C17H25N3O4S. The van der Waals surface area contributed by atoms with Gasteiger partial charge in [0.05, 0.1) is 4.90 Å². The summed E-state index contributed by atoms with van der Waals surface area (Å²) in [5.74, 6) is -0.491. The zero-order valence-corrected chi connectivity index (χ0v) is 15.6.